The van der Waals surface area contributed by atoms with Crippen molar-refractivity contribution in [3.63, 3.8) is 0 Å². The van der Waals surface area contributed by atoms with E-state index in [1.54, 1.807) is 17.0 Å². The van der Waals surface area contributed by atoms with Crippen molar-refractivity contribution < 1.29 is 9.21 Å². The predicted molar refractivity (Wildman–Crippen MR) is 100 cm³/mol. The van der Waals surface area contributed by atoms with Gasteiger partial charge in [-0.05, 0) is 49.2 Å². The third kappa shape index (κ3) is 2.85. The van der Waals surface area contributed by atoms with Gasteiger partial charge in [-0.25, -0.2) is 4.98 Å². The van der Waals surface area contributed by atoms with E-state index >= 15 is 0 Å². The van der Waals surface area contributed by atoms with E-state index in [0.717, 1.165) is 10.9 Å². The molecule has 2 aromatic heterocycles. The highest BCUT2D eigenvalue weighted by atomic mass is 16.3. The monoisotopic (exact) mass is 351 g/mol. The molecule has 0 unspecified atom stereocenters. The van der Waals surface area contributed by atoms with E-state index in [0.29, 0.717) is 43.7 Å². The second kappa shape index (κ2) is 6.33. The maximum atomic E-state index is 12.4. The molecular weight excluding hydrogens is 330 g/mol. The number of benzene rings is 1. The summed E-state index contributed by atoms with van der Waals surface area (Å²) in [7, 11) is 0. The first-order valence-electron chi connectivity index (χ1n) is 8.65. The third-order valence-corrected chi connectivity index (χ3v) is 4.91. The topological polar surface area (TPSA) is 88.5 Å². The molecule has 1 aliphatic heterocycles. The van der Waals surface area contributed by atoms with Gasteiger partial charge in [0.1, 0.15) is 5.82 Å². The number of aromatic nitrogens is 2. The number of nitrogens with zero attached hydrogens (tertiary/aromatic N) is 4. The van der Waals surface area contributed by atoms with Gasteiger partial charge in [-0.2, -0.15) is 4.98 Å². The minimum absolute atomic E-state index is 0.0836. The molecule has 134 valence electrons. The van der Waals surface area contributed by atoms with Gasteiger partial charge in [0, 0.05) is 31.6 Å². The first-order valence-corrected chi connectivity index (χ1v) is 8.65. The molecule has 0 spiro atoms. The molecule has 1 aliphatic rings. The number of anilines is 2. The molecule has 7 heteroatoms. The van der Waals surface area contributed by atoms with Crippen LogP contribution in [0.3, 0.4) is 0 Å². The van der Waals surface area contributed by atoms with Gasteiger partial charge in [0.2, 0.25) is 5.95 Å². The lowest BCUT2D eigenvalue weighted by Crippen LogP contribution is -2.49. The van der Waals surface area contributed by atoms with E-state index in [4.69, 9.17) is 15.1 Å². The van der Waals surface area contributed by atoms with Crippen LogP contribution in [0, 0.1) is 13.8 Å². The average Bonchev–Trinajstić information content (AvgIpc) is 3.17. The lowest BCUT2D eigenvalue weighted by molar-refractivity contribution is 0.0714. The van der Waals surface area contributed by atoms with E-state index < -0.39 is 0 Å². The van der Waals surface area contributed by atoms with Gasteiger partial charge in [-0.15, -0.1) is 0 Å². The molecule has 1 aromatic carbocycles. The number of piperazine rings is 1. The summed E-state index contributed by atoms with van der Waals surface area (Å²) >= 11 is 0. The minimum Gasteiger partial charge on any atom is -0.459 e. The number of fused-ring (bicyclic) bond motifs is 1. The normalized spacial score (nSPS) is 14.8. The first-order chi connectivity index (χ1) is 12.5. The van der Waals surface area contributed by atoms with E-state index in [1.165, 1.54) is 17.4 Å². The molecule has 0 bridgehead atoms. The Labute approximate surface area is 151 Å². The molecule has 3 aromatic rings. The van der Waals surface area contributed by atoms with Gasteiger partial charge in [-0.3, -0.25) is 4.79 Å². The van der Waals surface area contributed by atoms with E-state index in [2.05, 4.69) is 23.7 Å². The Morgan fingerprint density at radius 2 is 1.85 bits per heavy atom. The lowest BCUT2D eigenvalue weighted by atomic mass is 10.1. The van der Waals surface area contributed by atoms with Crippen LogP contribution in [0.5, 0.6) is 0 Å². The number of hydrogen-bond donors (Lipinski definition) is 1. The van der Waals surface area contributed by atoms with Crippen molar-refractivity contribution in [2.75, 3.05) is 36.8 Å². The van der Waals surface area contributed by atoms with E-state index in [1.807, 2.05) is 12.1 Å². The molecule has 0 aliphatic carbocycles. The minimum atomic E-state index is -0.0836. The summed E-state index contributed by atoms with van der Waals surface area (Å²) in [5.41, 5.74) is 9.37. The van der Waals surface area contributed by atoms with Gasteiger partial charge in [0.25, 0.3) is 5.91 Å². The van der Waals surface area contributed by atoms with Gasteiger partial charge in [-0.1, -0.05) is 0 Å². The number of nitrogens with two attached hydrogens (primary N) is 1. The Morgan fingerprint density at radius 3 is 2.54 bits per heavy atom. The number of hydrogen-bond acceptors (Lipinski definition) is 6. The fourth-order valence-corrected chi connectivity index (χ4v) is 3.21. The van der Waals surface area contributed by atoms with E-state index in [9.17, 15) is 4.79 Å². The highest BCUT2D eigenvalue weighted by Crippen LogP contribution is 2.25. The Bertz CT molecular complexity index is 960. The van der Waals surface area contributed by atoms with Crippen LogP contribution in [0.15, 0.2) is 34.9 Å². The van der Waals surface area contributed by atoms with Crippen molar-refractivity contribution in [2.45, 2.75) is 13.8 Å². The number of aryl methyl sites for hydroxylation is 2. The van der Waals surface area contributed by atoms with Crippen LogP contribution in [0.2, 0.25) is 0 Å². The molecule has 1 amide bonds. The second-order valence-electron chi connectivity index (χ2n) is 6.62. The van der Waals surface area contributed by atoms with Crippen LogP contribution in [-0.2, 0) is 0 Å². The van der Waals surface area contributed by atoms with Crippen molar-refractivity contribution >= 4 is 28.6 Å². The molecule has 2 N–H and O–H groups in total. The van der Waals surface area contributed by atoms with Gasteiger partial charge >= 0.3 is 0 Å². The van der Waals surface area contributed by atoms with Crippen LogP contribution in [0.4, 0.5) is 11.8 Å². The lowest BCUT2D eigenvalue weighted by Gasteiger charge is -2.34. The highest BCUT2D eigenvalue weighted by Gasteiger charge is 2.25. The maximum absolute atomic E-state index is 12.4. The molecular formula is C19H21N5O2. The molecule has 4 rings (SSSR count). The number of nitrogen functional groups attached to an aromatic ring is 1. The Kier molecular flexibility index (Phi) is 3.99. The first kappa shape index (κ1) is 16.4. The summed E-state index contributed by atoms with van der Waals surface area (Å²) in [5, 5.41) is 0.878. The number of rotatable bonds is 2. The van der Waals surface area contributed by atoms with Crippen LogP contribution < -0.4 is 10.6 Å². The Morgan fingerprint density at radius 1 is 1.12 bits per heavy atom. The maximum Gasteiger partial charge on any atom is 0.289 e. The van der Waals surface area contributed by atoms with Crippen molar-refractivity contribution in [1.82, 2.24) is 14.9 Å². The average molecular weight is 351 g/mol. The van der Waals surface area contributed by atoms with Crippen molar-refractivity contribution in [2.24, 2.45) is 0 Å². The zero-order valence-corrected chi connectivity index (χ0v) is 14.9. The Balaban J connectivity index is 1.54. The molecule has 3 heterocycles. The number of carbonyl (C=O) groups is 1. The molecule has 0 atom stereocenters. The van der Waals surface area contributed by atoms with Crippen LogP contribution in [-0.4, -0.2) is 47.0 Å². The summed E-state index contributed by atoms with van der Waals surface area (Å²) < 4.78 is 5.20. The zero-order valence-electron chi connectivity index (χ0n) is 14.9. The van der Waals surface area contributed by atoms with Gasteiger partial charge in [0.15, 0.2) is 5.76 Å². The summed E-state index contributed by atoms with van der Waals surface area (Å²) in [4.78, 5) is 25.4. The highest BCUT2D eigenvalue weighted by molar-refractivity contribution is 5.92. The number of carbonyl (C=O) groups excluding carboxylic acids is 1. The summed E-state index contributed by atoms with van der Waals surface area (Å²) in [6, 6.07) is 7.48. The van der Waals surface area contributed by atoms with Crippen LogP contribution >= 0.6 is 0 Å². The smallest absolute Gasteiger partial charge is 0.289 e. The van der Waals surface area contributed by atoms with Crippen molar-refractivity contribution in [3.05, 3.63) is 47.4 Å². The van der Waals surface area contributed by atoms with E-state index in [-0.39, 0.29) is 5.91 Å². The molecule has 26 heavy (non-hydrogen) atoms. The van der Waals surface area contributed by atoms with Crippen LogP contribution in [0.1, 0.15) is 21.7 Å². The van der Waals surface area contributed by atoms with Crippen molar-refractivity contribution in [1.29, 1.82) is 0 Å². The largest absolute Gasteiger partial charge is 0.459 e. The standard InChI is InChI=1S/C19H21N5O2/c1-12-10-14-15(11-13(12)2)21-19(22-17(14)20)24-7-5-23(6-8-24)18(25)16-4-3-9-26-16/h3-4,9-11H,5-8H2,1-2H3,(H2,20,21,22). The third-order valence-electron chi connectivity index (χ3n) is 4.91. The number of amides is 1. The molecule has 1 saturated heterocycles. The summed E-state index contributed by atoms with van der Waals surface area (Å²) in [5.74, 6) is 1.39. The predicted octanol–water partition coefficient (Wildman–Crippen LogP) is 2.38. The molecule has 1 fully saturated rings. The molecule has 7 nitrogen and oxygen atoms in total. The fraction of sp³-hybridized carbons (Fsp3) is 0.316. The van der Waals surface area contributed by atoms with Gasteiger partial charge in [0.05, 0.1) is 11.8 Å². The van der Waals surface area contributed by atoms with Gasteiger partial charge < -0.3 is 20.0 Å². The molecule has 0 saturated carbocycles. The second-order valence-corrected chi connectivity index (χ2v) is 6.62. The van der Waals surface area contributed by atoms with Crippen molar-refractivity contribution in [3.8, 4) is 0 Å². The molecule has 0 radical (unpaired) electrons. The SMILES string of the molecule is Cc1cc2nc(N3CCN(C(=O)c4ccco4)CC3)nc(N)c2cc1C. The summed E-state index contributed by atoms with van der Waals surface area (Å²) in [6.45, 7) is 6.61. The fourth-order valence-electron chi connectivity index (χ4n) is 3.21. The quantitative estimate of drug-likeness (QED) is 0.763. The number of furan rings is 1. The summed E-state index contributed by atoms with van der Waals surface area (Å²) in [6.07, 6.45) is 1.51. The Hall–Kier alpha value is -3.09. The van der Waals surface area contributed by atoms with Crippen LogP contribution in [0.25, 0.3) is 10.9 Å². The zero-order chi connectivity index (χ0) is 18.3.